The number of aromatic nitrogens is 3. The minimum Gasteiger partial charge on any atom is -0.495 e. The predicted octanol–water partition coefficient (Wildman–Crippen LogP) is 3.38. The number of anilines is 2. The van der Waals surface area contributed by atoms with Gasteiger partial charge in [0.2, 0.25) is 5.95 Å². The van der Waals surface area contributed by atoms with E-state index < -0.39 is 0 Å². The van der Waals surface area contributed by atoms with Crippen LogP contribution in [0.2, 0.25) is 0 Å². The third-order valence-electron chi connectivity index (χ3n) is 4.99. The molecule has 3 rings (SSSR count). The van der Waals surface area contributed by atoms with Gasteiger partial charge in [-0.05, 0) is 56.6 Å². The van der Waals surface area contributed by atoms with Crippen molar-refractivity contribution < 1.29 is 9.84 Å². The van der Waals surface area contributed by atoms with Gasteiger partial charge in [0.25, 0.3) is 0 Å². The minimum atomic E-state index is -0.280. The lowest BCUT2D eigenvalue weighted by Gasteiger charge is -2.36. The lowest BCUT2D eigenvalue weighted by atomic mass is 10.0. The molecule has 3 aromatic rings. The summed E-state index contributed by atoms with van der Waals surface area (Å²) in [5.74, 6) is 1.25. The van der Waals surface area contributed by atoms with Crippen LogP contribution in [0, 0.1) is 6.92 Å². The summed E-state index contributed by atoms with van der Waals surface area (Å²) in [7, 11) is 1.65. The van der Waals surface area contributed by atoms with Crippen molar-refractivity contribution in [2.24, 2.45) is 0 Å². The molecule has 28 heavy (non-hydrogen) atoms. The Bertz CT molecular complexity index is 951. The van der Waals surface area contributed by atoms with Crippen molar-refractivity contribution in [3.05, 3.63) is 47.7 Å². The topological polar surface area (TPSA) is 74.9 Å². The Morgan fingerprint density at radius 2 is 2.04 bits per heavy atom. The Kier molecular flexibility index (Phi) is 5.86. The highest BCUT2D eigenvalue weighted by atomic mass is 16.5. The van der Waals surface area contributed by atoms with Gasteiger partial charge in [-0.2, -0.15) is 4.98 Å². The van der Waals surface area contributed by atoms with Crippen LogP contribution in [0.25, 0.3) is 5.65 Å². The van der Waals surface area contributed by atoms with Gasteiger partial charge in [-0.3, -0.25) is 4.90 Å². The molecule has 7 nitrogen and oxygen atoms in total. The normalized spacial score (nSPS) is 12.0. The summed E-state index contributed by atoms with van der Waals surface area (Å²) in [6.07, 6.45) is 1.94. The fourth-order valence-corrected chi connectivity index (χ4v) is 3.17. The molecule has 1 aromatic carbocycles. The highest BCUT2D eigenvalue weighted by Gasteiger charge is 2.24. The van der Waals surface area contributed by atoms with Gasteiger partial charge in [0, 0.05) is 18.3 Å². The van der Waals surface area contributed by atoms with Gasteiger partial charge in [-0.15, -0.1) is 5.10 Å². The van der Waals surface area contributed by atoms with Crippen molar-refractivity contribution >= 4 is 17.3 Å². The Morgan fingerprint density at radius 3 is 2.71 bits per heavy atom. The molecule has 0 atom stereocenters. The largest absolute Gasteiger partial charge is 0.495 e. The third kappa shape index (κ3) is 4.26. The highest BCUT2D eigenvalue weighted by molar-refractivity contribution is 5.64. The Balaban J connectivity index is 1.82. The number of ether oxygens (including phenoxy) is 1. The van der Waals surface area contributed by atoms with Crippen LogP contribution in [0.1, 0.15) is 31.9 Å². The summed E-state index contributed by atoms with van der Waals surface area (Å²) < 4.78 is 7.34. The Hall–Kier alpha value is -2.64. The van der Waals surface area contributed by atoms with E-state index >= 15 is 0 Å². The minimum absolute atomic E-state index is 0.108. The van der Waals surface area contributed by atoms with Gasteiger partial charge in [-0.25, -0.2) is 4.52 Å². The molecule has 0 radical (unpaired) electrons. The first kappa shape index (κ1) is 20.1. The van der Waals surface area contributed by atoms with Crippen LogP contribution < -0.4 is 10.1 Å². The van der Waals surface area contributed by atoms with Gasteiger partial charge >= 0.3 is 0 Å². The molecule has 0 fully saturated rings. The standard InChI is InChI=1S/C21H29N5O2/c1-6-25(21(3,4)14-27)13-16-8-9-17(18(11-16)28-5)22-20-23-19-10-7-15(2)12-26(19)24-20/h7-12,27H,6,13-14H2,1-5H3,(H,22,24). The molecule has 0 saturated carbocycles. The number of benzene rings is 1. The van der Waals surface area contributed by atoms with Gasteiger partial charge in [0.15, 0.2) is 5.65 Å². The van der Waals surface area contributed by atoms with Crippen molar-refractivity contribution in [2.45, 2.75) is 39.8 Å². The van der Waals surface area contributed by atoms with Crippen LogP contribution in [0.15, 0.2) is 36.5 Å². The third-order valence-corrected chi connectivity index (χ3v) is 4.99. The molecule has 0 unspecified atom stereocenters. The summed E-state index contributed by atoms with van der Waals surface area (Å²) >= 11 is 0. The molecular formula is C21H29N5O2. The van der Waals surface area contributed by atoms with Crippen molar-refractivity contribution in [2.75, 3.05) is 25.6 Å². The first-order chi connectivity index (χ1) is 13.4. The zero-order valence-corrected chi connectivity index (χ0v) is 17.2. The molecule has 2 heterocycles. The number of aliphatic hydroxyl groups excluding tert-OH is 1. The molecule has 2 aromatic heterocycles. The monoisotopic (exact) mass is 383 g/mol. The predicted molar refractivity (Wildman–Crippen MR) is 111 cm³/mol. The number of hydrogen-bond acceptors (Lipinski definition) is 6. The number of aryl methyl sites for hydroxylation is 1. The van der Waals surface area contributed by atoms with Crippen LogP contribution in [0.4, 0.5) is 11.6 Å². The maximum atomic E-state index is 9.67. The van der Waals surface area contributed by atoms with E-state index in [1.54, 1.807) is 11.6 Å². The molecule has 7 heteroatoms. The molecule has 2 N–H and O–H groups in total. The zero-order chi connectivity index (χ0) is 20.3. The second-order valence-corrected chi connectivity index (χ2v) is 7.59. The molecule has 0 aliphatic heterocycles. The maximum absolute atomic E-state index is 9.67. The average molecular weight is 383 g/mol. The van der Waals surface area contributed by atoms with Gasteiger partial charge in [0.05, 0.1) is 19.4 Å². The van der Waals surface area contributed by atoms with E-state index in [1.165, 1.54) is 0 Å². The number of pyridine rings is 1. The second-order valence-electron chi connectivity index (χ2n) is 7.59. The van der Waals surface area contributed by atoms with E-state index in [-0.39, 0.29) is 12.1 Å². The molecule has 0 bridgehead atoms. The van der Waals surface area contributed by atoms with E-state index in [4.69, 9.17) is 4.74 Å². The van der Waals surface area contributed by atoms with Crippen molar-refractivity contribution in [3.8, 4) is 5.75 Å². The molecule has 0 spiro atoms. The zero-order valence-electron chi connectivity index (χ0n) is 17.2. The Morgan fingerprint density at radius 1 is 1.25 bits per heavy atom. The molecule has 0 aliphatic rings. The van der Waals surface area contributed by atoms with Gasteiger partial charge in [-0.1, -0.05) is 19.1 Å². The lowest BCUT2D eigenvalue weighted by molar-refractivity contribution is 0.0551. The summed E-state index contributed by atoms with van der Waals surface area (Å²) in [6, 6.07) is 10.00. The number of nitrogens with one attached hydrogen (secondary N) is 1. The van der Waals surface area contributed by atoms with Crippen LogP contribution in [0.3, 0.4) is 0 Å². The first-order valence-electron chi connectivity index (χ1n) is 9.49. The number of nitrogens with zero attached hydrogens (tertiary/aromatic N) is 4. The smallest absolute Gasteiger partial charge is 0.247 e. The van der Waals surface area contributed by atoms with E-state index in [0.717, 1.165) is 41.3 Å². The fraction of sp³-hybridized carbons (Fsp3) is 0.429. The number of rotatable bonds is 8. The number of hydrogen-bond donors (Lipinski definition) is 2. The lowest BCUT2D eigenvalue weighted by Crippen LogP contribution is -2.46. The van der Waals surface area contributed by atoms with Gasteiger partial charge < -0.3 is 15.2 Å². The molecule has 150 valence electrons. The van der Waals surface area contributed by atoms with E-state index in [9.17, 15) is 5.11 Å². The molecule has 0 saturated heterocycles. The number of fused-ring (bicyclic) bond motifs is 1. The molecule has 0 amide bonds. The quantitative estimate of drug-likeness (QED) is 0.621. The Labute approximate surface area is 166 Å². The summed E-state index contributed by atoms with van der Waals surface area (Å²) in [5.41, 5.74) is 3.55. The first-order valence-corrected chi connectivity index (χ1v) is 9.49. The fourth-order valence-electron chi connectivity index (χ4n) is 3.17. The highest BCUT2D eigenvalue weighted by Crippen LogP contribution is 2.29. The van der Waals surface area contributed by atoms with E-state index in [2.05, 4.69) is 33.3 Å². The summed E-state index contributed by atoms with van der Waals surface area (Å²) in [6.45, 7) is 9.89. The van der Waals surface area contributed by atoms with Crippen molar-refractivity contribution in [1.29, 1.82) is 0 Å². The number of likely N-dealkylation sites (N-methyl/N-ethyl adjacent to an activating group) is 1. The number of methoxy groups -OCH3 is 1. The van der Waals surface area contributed by atoms with Crippen LogP contribution in [-0.2, 0) is 6.54 Å². The SMILES string of the molecule is CCN(Cc1ccc(Nc2nc3ccc(C)cn3n2)c(OC)c1)C(C)(C)CO. The van der Waals surface area contributed by atoms with E-state index in [0.29, 0.717) is 5.95 Å². The number of aliphatic hydroxyl groups is 1. The molecule has 0 aliphatic carbocycles. The second kappa shape index (κ2) is 8.16. The summed E-state index contributed by atoms with van der Waals surface area (Å²) in [5, 5.41) is 17.4. The average Bonchev–Trinajstić information content (AvgIpc) is 3.08. The maximum Gasteiger partial charge on any atom is 0.247 e. The molecular weight excluding hydrogens is 354 g/mol. The van der Waals surface area contributed by atoms with Crippen LogP contribution in [0.5, 0.6) is 5.75 Å². The summed E-state index contributed by atoms with van der Waals surface area (Å²) in [4.78, 5) is 6.74. The van der Waals surface area contributed by atoms with Gasteiger partial charge in [0.1, 0.15) is 5.75 Å². The van der Waals surface area contributed by atoms with Crippen molar-refractivity contribution in [3.63, 3.8) is 0 Å². The van der Waals surface area contributed by atoms with Crippen LogP contribution in [-0.4, -0.2) is 50.4 Å². The van der Waals surface area contributed by atoms with E-state index in [1.807, 2.05) is 51.2 Å². The van der Waals surface area contributed by atoms with Crippen LogP contribution >= 0.6 is 0 Å². The van der Waals surface area contributed by atoms with Crippen molar-refractivity contribution in [1.82, 2.24) is 19.5 Å².